The number of nitrogens with zero attached hydrogens (tertiary/aromatic N) is 1. The predicted molar refractivity (Wildman–Crippen MR) is 59.5 cm³/mol. The molecule has 0 saturated heterocycles. The molecule has 15 heavy (non-hydrogen) atoms. The molecule has 0 saturated carbocycles. The van der Waals surface area contributed by atoms with Gasteiger partial charge in [-0.05, 0) is 25.3 Å². The quantitative estimate of drug-likeness (QED) is 0.797. The van der Waals surface area contributed by atoms with Gasteiger partial charge in [0.2, 0.25) is 5.91 Å². The third-order valence-corrected chi connectivity index (χ3v) is 2.73. The summed E-state index contributed by atoms with van der Waals surface area (Å²) in [6.45, 7) is 1.90. The molecule has 0 spiro atoms. The Kier molecular flexibility index (Phi) is 2.81. The Morgan fingerprint density at radius 2 is 2.07 bits per heavy atom. The summed E-state index contributed by atoms with van der Waals surface area (Å²) in [5, 5.41) is 3.93. The zero-order valence-electron chi connectivity index (χ0n) is 8.73. The molecule has 1 heterocycles. The second kappa shape index (κ2) is 4.26. The number of carbonyl (C=O) groups is 1. The normalized spacial score (nSPS) is 19.9. The monoisotopic (exact) mass is 202 g/mol. The lowest BCUT2D eigenvalue weighted by Crippen LogP contribution is -2.22. The second-order valence-corrected chi connectivity index (χ2v) is 3.81. The number of rotatable bonds is 3. The van der Waals surface area contributed by atoms with Crippen molar-refractivity contribution in [2.75, 3.05) is 0 Å². The number of nitrogens with one attached hydrogen (secondary N) is 1. The lowest BCUT2D eigenvalue weighted by atomic mass is 9.96. The van der Waals surface area contributed by atoms with Crippen molar-refractivity contribution in [3.8, 4) is 0 Å². The van der Waals surface area contributed by atoms with E-state index in [0.717, 1.165) is 18.6 Å². The first-order valence-corrected chi connectivity index (χ1v) is 5.15. The third kappa shape index (κ3) is 2.24. The number of hydrogen-bond donors (Lipinski definition) is 1. The van der Waals surface area contributed by atoms with Gasteiger partial charge in [0.15, 0.2) is 0 Å². The molecule has 0 radical (unpaired) electrons. The minimum absolute atomic E-state index is 0.0310. The average Bonchev–Trinajstić information content (AvgIpc) is 2.58. The van der Waals surface area contributed by atoms with E-state index in [-0.39, 0.29) is 11.8 Å². The van der Waals surface area contributed by atoms with E-state index in [1.807, 2.05) is 25.1 Å². The van der Waals surface area contributed by atoms with Crippen molar-refractivity contribution in [1.29, 1.82) is 0 Å². The van der Waals surface area contributed by atoms with Crippen LogP contribution in [0.3, 0.4) is 0 Å². The average molecular weight is 202 g/mol. The van der Waals surface area contributed by atoms with Crippen LogP contribution in [0.2, 0.25) is 0 Å². The van der Waals surface area contributed by atoms with Gasteiger partial charge in [0.05, 0.1) is 5.92 Å². The zero-order chi connectivity index (χ0) is 10.7. The molecule has 1 atom stereocenters. The fraction of sp³-hybridized carbons (Fsp3) is 0.333. The highest BCUT2D eigenvalue weighted by Gasteiger charge is 2.25. The Labute approximate surface area is 89.2 Å². The number of benzene rings is 1. The minimum atomic E-state index is -0.0368. The highest BCUT2D eigenvalue weighted by Crippen LogP contribution is 2.15. The van der Waals surface area contributed by atoms with E-state index < -0.39 is 0 Å². The minimum Gasteiger partial charge on any atom is -0.272 e. The van der Waals surface area contributed by atoms with Crippen molar-refractivity contribution in [2.24, 2.45) is 11.0 Å². The SMILES string of the molecule is CC1=NNC(=O)[C@@H]1CCc1ccccc1. The molecule has 1 aliphatic rings. The maximum Gasteiger partial charge on any atom is 0.248 e. The summed E-state index contributed by atoms with van der Waals surface area (Å²) in [7, 11) is 0. The van der Waals surface area contributed by atoms with E-state index in [2.05, 4.69) is 22.7 Å². The highest BCUT2D eigenvalue weighted by atomic mass is 16.2. The lowest BCUT2D eigenvalue weighted by Gasteiger charge is -2.07. The molecule has 1 aliphatic heterocycles. The van der Waals surface area contributed by atoms with Crippen LogP contribution in [0.15, 0.2) is 35.4 Å². The Balaban J connectivity index is 1.94. The van der Waals surface area contributed by atoms with E-state index in [1.54, 1.807) is 0 Å². The molecule has 1 N–H and O–H groups in total. The van der Waals surface area contributed by atoms with E-state index >= 15 is 0 Å². The summed E-state index contributed by atoms with van der Waals surface area (Å²) >= 11 is 0. The van der Waals surface area contributed by atoms with E-state index in [0.29, 0.717) is 0 Å². The van der Waals surface area contributed by atoms with Gasteiger partial charge in [-0.1, -0.05) is 30.3 Å². The van der Waals surface area contributed by atoms with Crippen LogP contribution in [0.4, 0.5) is 0 Å². The van der Waals surface area contributed by atoms with Crippen LogP contribution < -0.4 is 5.43 Å². The Morgan fingerprint density at radius 3 is 2.67 bits per heavy atom. The van der Waals surface area contributed by atoms with Gasteiger partial charge in [0.1, 0.15) is 0 Å². The molecule has 0 aromatic heterocycles. The molecule has 1 aromatic carbocycles. The van der Waals surface area contributed by atoms with Gasteiger partial charge in [-0.15, -0.1) is 0 Å². The number of hydrogen-bond acceptors (Lipinski definition) is 2. The molecular weight excluding hydrogens is 188 g/mol. The summed E-state index contributed by atoms with van der Waals surface area (Å²) < 4.78 is 0. The standard InChI is InChI=1S/C12H14N2O/c1-9-11(12(15)14-13-9)8-7-10-5-3-2-4-6-10/h2-6,11H,7-8H2,1H3,(H,14,15)/t11-/m1/s1. The molecule has 1 aromatic rings. The van der Waals surface area contributed by atoms with Crippen LogP contribution in [0.5, 0.6) is 0 Å². The molecule has 3 nitrogen and oxygen atoms in total. The largest absolute Gasteiger partial charge is 0.272 e. The van der Waals surface area contributed by atoms with E-state index in [9.17, 15) is 4.79 Å². The highest BCUT2D eigenvalue weighted by molar-refractivity contribution is 6.06. The maximum absolute atomic E-state index is 11.4. The van der Waals surface area contributed by atoms with Crippen molar-refractivity contribution in [3.05, 3.63) is 35.9 Å². The molecule has 78 valence electrons. The third-order valence-electron chi connectivity index (χ3n) is 2.73. The molecular formula is C12H14N2O. The summed E-state index contributed by atoms with van der Waals surface area (Å²) in [4.78, 5) is 11.4. The van der Waals surface area contributed by atoms with Gasteiger partial charge in [0.25, 0.3) is 0 Å². The van der Waals surface area contributed by atoms with Crippen molar-refractivity contribution in [1.82, 2.24) is 5.43 Å². The van der Waals surface area contributed by atoms with Crippen molar-refractivity contribution >= 4 is 11.6 Å². The van der Waals surface area contributed by atoms with Gasteiger partial charge < -0.3 is 0 Å². The number of carbonyl (C=O) groups excluding carboxylic acids is 1. The number of amides is 1. The van der Waals surface area contributed by atoms with Gasteiger partial charge in [-0.25, -0.2) is 5.43 Å². The summed E-state index contributed by atoms with van der Waals surface area (Å²) in [5.41, 5.74) is 4.67. The molecule has 1 amide bonds. The molecule has 0 bridgehead atoms. The van der Waals surface area contributed by atoms with Gasteiger partial charge in [-0.3, -0.25) is 4.79 Å². The van der Waals surface area contributed by atoms with Gasteiger partial charge in [-0.2, -0.15) is 5.10 Å². The van der Waals surface area contributed by atoms with E-state index in [4.69, 9.17) is 0 Å². The second-order valence-electron chi connectivity index (χ2n) is 3.81. The first kappa shape index (κ1) is 9.90. The molecule has 0 aliphatic carbocycles. The van der Waals surface area contributed by atoms with Crippen molar-refractivity contribution in [2.45, 2.75) is 19.8 Å². The lowest BCUT2D eigenvalue weighted by molar-refractivity contribution is -0.122. The predicted octanol–water partition coefficient (Wildman–Crippen LogP) is 1.74. The molecule has 0 fully saturated rings. The van der Waals surface area contributed by atoms with Crippen LogP contribution in [0, 0.1) is 5.92 Å². The van der Waals surface area contributed by atoms with Crippen LogP contribution in [0.25, 0.3) is 0 Å². The number of hydrazone groups is 1. The zero-order valence-corrected chi connectivity index (χ0v) is 8.73. The van der Waals surface area contributed by atoms with Crippen molar-refractivity contribution in [3.63, 3.8) is 0 Å². The smallest absolute Gasteiger partial charge is 0.248 e. The topological polar surface area (TPSA) is 41.5 Å². The van der Waals surface area contributed by atoms with Gasteiger partial charge in [0, 0.05) is 5.71 Å². The molecule has 3 heteroatoms. The van der Waals surface area contributed by atoms with Crippen molar-refractivity contribution < 1.29 is 4.79 Å². The molecule has 0 unspecified atom stereocenters. The first-order chi connectivity index (χ1) is 7.27. The maximum atomic E-state index is 11.4. The van der Waals surface area contributed by atoms with Crippen LogP contribution in [0.1, 0.15) is 18.9 Å². The fourth-order valence-corrected chi connectivity index (χ4v) is 1.78. The first-order valence-electron chi connectivity index (χ1n) is 5.15. The fourth-order valence-electron chi connectivity index (χ4n) is 1.78. The Hall–Kier alpha value is -1.64. The van der Waals surface area contributed by atoms with Crippen LogP contribution in [-0.2, 0) is 11.2 Å². The summed E-state index contributed by atoms with van der Waals surface area (Å²) in [5.74, 6) is -0.00589. The van der Waals surface area contributed by atoms with Crippen LogP contribution in [-0.4, -0.2) is 11.6 Å². The molecule has 2 rings (SSSR count). The van der Waals surface area contributed by atoms with Crippen LogP contribution >= 0.6 is 0 Å². The number of aryl methyl sites for hydroxylation is 1. The summed E-state index contributed by atoms with van der Waals surface area (Å²) in [6.07, 6.45) is 1.76. The van der Waals surface area contributed by atoms with E-state index in [1.165, 1.54) is 5.56 Å². The Morgan fingerprint density at radius 1 is 1.33 bits per heavy atom. The Bertz CT molecular complexity index is 384. The summed E-state index contributed by atoms with van der Waals surface area (Å²) in [6, 6.07) is 10.2. The van der Waals surface area contributed by atoms with Gasteiger partial charge >= 0.3 is 0 Å².